The third-order valence-corrected chi connectivity index (χ3v) is 4.32. The molecule has 1 amide bonds. The van der Waals surface area contributed by atoms with Crippen LogP contribution in [0.5, 0.6) is 0 Å². The lowest BCUT2D eigenvalue weighted by Gasteiger charge is -2.29. The van der Waals surface area contributed by atoms with Crippen LogP contribution in [0.4, 0.5) is 5.69 Å². The molecule has 0 N–H and O–H groups in total. The van der Waals surface area contributed by atoms with Crippen molar-refractivity contribution in [3.63, 3.8) is 0 Å². The third kappa shape index (κ3) is 6.25. The molecule has 0 heterocycles. The molecule has 156 valence electrons. The minimum atomic E-state index is -1.42. The summed E-state index contributed by atoms with van der Waals surface area (Å²) in [7, 11) is 0. The van der Waals surface area contributed by atoms with E-state index in [4.69, 9.17) is 9.47 Å². The molecule has 7 nitrogen and oxygen atoms in total. The number of carbonyl (C=O) groups excluding carboxylic acids is 3. The van der Waals surface area contributed by atoms with E-state index in [0.717, 1.165) is 17.8 Å². The van der Waals surface area contributed by atoms with Gasteiger partial charge in [0.05, 0.1) is 13.2 Å². The first-order valence-corrected chi connectivity index (χ1v) is 9.72. The van der Waals surface area contributed by atoms with E-state index in [1.54, 1.807) is 13.8 Å². The quantitative estimate of drug-likeness (QED) is 0.450. The molecule has 0 aromatic heterocycles. The number of carbonyl (C=O) groups is 3. The van der Waals surface area contributed by atoms with Gasteiger partial charge in [0.25, 0.3) is 0 Å². The fraction of sp³-hybridized carbons (Fsp3) is 0.571. The first kappa shape index (κ1) is 23.5. The maximum absolute atomic E-state index is 12.3. The van der Waals surface area contributed by atoms with Crippen molar-refractivity contribution < 1.29 is 23.9 Å². The molecule has 7 heteroatoms. The highest BCUT2D eigenvalue weighted by Gasteiger charge is 2.37. The molecule has 0 aliphatic heterocycles. The number of hydrogen-bond acceptors (Lipinski definition) is 6. The van der Waals surface area contributed by atoms with Crippen LogP contribution in [0.3, 0.4) is 0 Å². The number of benzene rings is 1. The van der Waals surface area contributed by atoms with Crippen molar-refractivity contribution in [1.29, 1.82) is 0 Å². The monoisotopic (exact) mass is 392 g/mol. The van der Waals surface area contributed by atoms with E-state index in [-0.39, 0.29) is 19.8 Å². The first-order valence-electron chi connectivity index (χ1n) is 9.72. The number of amides is 1. The van der Waals surface area contributed by atoms with Gasteiger partial charge in [-0.25, -0.2) is 9.59 Å². The SMILES string of the molecule is CCOC(=O)C(C(=O)OCC)N(Cc1ccc(N(CC)C(C)C)cc1)C(C)=O. The lowest BCUT2D eigenvalue weighted by atomic mass is 10.1. The minimum absolute atomic E-state index is 0.103. The fourth-order valence-corrected chi connectivity index (χ4v) is 3.01. The van der Waals surface area contributed by atoms with Crippen molar-refractivity contribution >= 4 is 23.5 Å². The van der Waals surface area contributed by atoms with E-state index in [9.17, 15) is 14.4 Å². The van der Waals surface area contributed by atoms with Crippen LogP contribution in [0.15, 0.2) is 24.3 Å². The van der Waals surface area contributed by atoms with Crippen LogP contribution in [0.1, 0.15) is 47.1 Å². The van der Waals surface area contributed by atoms with Crippen molar-refractivity contribution in [3.05, 3.63) is 29.8 Å². The summed E-state index contributed by atoms with van der Waals surface area (Å²) in [4.78, 5) is 40.3. The largest absolute Gasteiger partial charge is 0.464 e. The lowest BCUT2D eigenvalue weighted by Crippen LogP contribution is -2.50. The maximum Gasteiger partial charge on any atom is 0.340 e. The van der Waals surface area contributed by atoms with Gasteiger partial charge in [0, 0.05) is 31.7 Å². The van der Waals surface area contributed by atoms with Gasteiger partial charge in [-0.1, -0.05) is 12.1 Å². The van der Waals surface area contributed by atoms with Crippen molar-refractivity contribution in [2.45, 2.75) is 60.2 Å². The Morgan fingerprint density at radius 3 is 1.79 bits per heavy atom. The van der Waals surface area contributed by atoms with Crippen molar-refractivity contribution in [2.24, 2.45) is 0 Å². The summed E-state index contributed by atoms with van der Waals surface area (Å²) in [5, 5.41) is 0. The molecule has 0 unspecified atom stereocenters. The topological polar surface area (TPSA) is 76.2 Å². The number of nitrogens with zero attached hydrogens (tertiary/aromatic N) is 2. The molecule has 28 heavy (non-hydrogen) atoms. The highest BCUT2D eigenvalue weighted by Crippen LogP contribution is 2.19. The van der Waals surface area contributed by atoms with Gasteiger partial charge in [0.15, 0.2) is 0 Å². The van der Waals surface area contributed by atoms with E-state index in [2.05, 4.69) is 25.7 Å². The first-order chi connectivity index (χ1) is 13.3. The normalized spacial score (nSPS) is 10.7. The Labute approximate surface area is 167 Å². The van der Waals surface area contributed by atoms with Gasteiger partial charge in [-0.05, 0) is 52.3 Å². The summed E-state index contributed by atoms with van der Waals surface area (Å²) in [5.41, 5.74) is 1.88. The maximum atomic E-state index is 12.3. The van der Waals surface area contributed by atoms with Gasteiger partial charge >= 0.3 is 11.9 Å². The van der Waals surface area contributed by atoms with Gasteiger partial charge in [0.2, 0.25) is 11.9 Å². The van der Waals surface area contributed by atoms with E-state index >= 15 is 0 Å². The number of hydrogen-bond donors (Lipinski definition) is 0. The summed E-state index contributed by atoms with van der Waals surface area (Å²) >= 11 is 0. The van der Waals surface area contributed by atoms with Gasteiger partial charge in [0.1, 0.15) is 0 Å². The molecule has 0 aliphatic rings. The second-order valence-corrected chi connectivity index (χ2v) is 6.60. The zero-order chi connectivity index (χ0) is 21.3. The Morgan fingerprint density at radius 1 is 0.929 bits per heavy atom. The van der Waals surface area contributed by atoms with E-state index < -0.39 is 23.9 Å². The highest BCUT2D eigenvalue weighted by atomic mass is 16.6. The number of anilines is 1. The van der Waals surface area contributed by atoms with Crippen LogP contribution in [-0.4, -0.2) is 54.6 Å². The molecule has 0 radical (unpaired) electrons. The van der Waals surface area contributed by atoms with Gasteiger partial charge in [-0.2, -0.15) is 0 Å². The smallest absolute Gasteiger partial charge is 0.340 e. The minimum Gasteiger partial charge on any atom is -0.464 e. The molecule has 1 rings (SSSR count). The summed E-state index contributed by atoms with van der Waals surface area (Å²) in [5.74, 6) is -1.98. The molecule has 0 bridgehead atoms. The van der Waals surface area contributed by atoms with Gasteiger partial charge in [-0.3, -0.25) is 4.79 Å². The second kappa shape index (κ2) is 11.3. The highest BCUT2D eigenvalue weighted by molar-refractivity contribution is 6.02. The zero-order valence-corrected chi connectivity index (χ0v) is 17.7. The fourth-order valence-electron chi connectivity index (χ4n) is 3.01. The molecule has 0 spiro atoms. The zero-order valence-electron chi connectivity index (χ0n) is 17.7. The summed E-state index contributed by atoms with van der Waals surface area (Å²) in [6.07, 6.45) is 0. The van der Waals surface area contributed by atoms with Gasteiger partial charge < -0.3 is 19.3 Å². The molecular formula is C21H32N2O5. The average molecular weight is 392 g/mol. The Kier molecular flexibility index (Phi) is 9.48. The molecule has 0 atom stereocenters. The van der Waals surface area contributed by atoms with Crippen LogP contribution in [0.2, 0.25) is 0 Å². The number of ether oxygens (including phenoxy) is 2. The van der Waals surface area contributed by atoms with E-state index in [1.165, 1.54) is 11.8 Å². The van der Waals surface area contributed by atoms with Crippen LogP contribution in [0, 0.1) is 0 Å². The predicted octanol–water partition coefficient (Wildman–Crippen LogP) is 2.76. The van der Waals surface area contributed by atoms with Crippen molar-refractivity contribution in [3.8, 4) is 0 Å². The van der Waals surface area contributed by atoms with Crippen molar-refractivity contribution in [1.82, 2.24) is 4.90 Å². The molecule has 1 aromatic rings. The number of rotatable bonds is 10. The predicted molar refractivity (Wildman–Crippen MR) is 108 cm³/mol. The van der Waals surface area contributed by atoms with Crippen LogP contribution in [0.25, 0.3) is 0 Å². The van der Waals surface area contributed by atoms with E-state index in [0.29, 0.717) is 6.04 Å². The Balaban J connectivity index is 3.11. The number of esters is 2. The Hall–Kier alpha value is -2.57. The molecule has 0 saturated carbocycles. The average Bonchev–Trinajstić information content (AvgIpc) is 2.63. The lowest BCUT2D eigenvalue weighted by molar-refractivity contribution is -0.167. The summed E-state index contributed by atoms with van der Waals surface area (Å²) in [6, 6.07) is 6.68. The van der Waals surface area contributed by atoms with Crippen molar-refractivity contribution in [2.75, 3.05) is 24.7 Å². The van der Waals surface area contributed by atoms with Crippen LogP contribution >= 0.6 is 0 Å². The van der Waals surface area contributed by atoms with Crippen LogP contribution < -0.4 is 4.90 Å². The summed E-state index contributed by atoms with van der Waals surface area (Å²) < 4.78 is 9.98. The second-order valence-electron chi connectivity index (χ2n) is 6.60. The molecular weight excluding hydrogens is 360 g/mol. The van der Waals surface area contributed by atoms with Crippen LogP contribution in [-0.2, 0) is 30.4 Å². The summed E-state index contributed by atoms with van der Waals surface area (Å²) in [6.45, 7) is 12.1. The molecule has 1 aromatic carbocycles. The van der Waals surface area contributed by atoms with E-state index in [1.807, 2.05) is 24.3 Å². The molecule has 0 aliphatic carbocycles. The Morgan fingerprint density at radius 2 is 1.43 bits per heavy atom. The Bertz CT molecular complexity index is 639. The molecule has 0 saturated heterocycles. The standard InChI is InChI=1S/C21H32N2O5/c1-7-22(15(4)5)18-12-10-17(11-13-18)14-23(16(6)24)19(20(25)27-8-2)21(26)28-9-3/h10-13,15,19H,7-9,14H2,1-6H3. The molecule has 0 fully saturated rings. The third-order valence-electron chi connectivity index (χ3n) is 4.32. The van der Waals surface area contributed by atoms with Gasteiger partial charge in [-0.15, -0.1) is 0 Å².